The van der Waals surface area contributed by atoms with Gasteiger partial charge in [0.1, 0.15) is 17.1 Å². The van der Waals surface area contributed by atoms with Gasteiger partial charge in [0.2, 0.25) is 0 Å². The average Bonchev–Trinajstić information content (AvgIpc) is 3.13. The molecule has 0 unspecified atom stereocenters. The van der Waals surface area contributed by atoms with E-state index in [0.717, 1.165) is 5.56 Å². The summed E-state index contributed by atoms with van der Waals surface area (Å²) in [5.41, 5.74) is 1.78. The first-order chi connectivity index (χ1) is 13.7. The Morgan fingerprint density at radius 3 is 2.59 bits per heavy atom. The quantitative estimate of drug-likeness (QED) is 0.589. The molecule has 0 aliphatic heterocycles. The highest BCUT2D eigenvalue weighted by Crippen LogP contribution is 2.30. The molecular weight excluding hydrogens is 413 g/mol. The van der Waals surface area contributed by atoms with E-state index in [0.29, 0.717) is 39.3 Å². The second-order valence-electron chi connectivity index (χ2n) is 7.50. The number of halogens is 2. The van der Waals surface area contributed by atoms with E-state index in [2.05, 4.69) is 39.0 Å². The number of H-pyrrole nitrogens is 1. The largest absolute Gasteiger partial charge is 0.484 e. The predicted octanol–water partition coefficient (Wildman–Crippen LogP) is 3.77. The van der Waals surface area contributed by atoms with Crippen molar-refractivity contribution in [2.24, 2.45) is 0 Å². The van der Waals surface area contributed by atoms with Gasteiger partial charge in [-0.1, -0.05) is 23.2 Å². The number of benzene rings is 1. The van der Waals surface area contributed by atoms with Gasteiger partial charge < -0.3 is 19.9 Å². The number of fused-ring (bicyclic) bond motifs is 1. The summed E-state index contributed by atoms with van der Waals surface area (Å²) in [6, 6.07) is 7.24. The lowest BCUT2D eigenvalue weighted by Crippen LogP contribution is -2.48. The van der Waals surface area contributed by atoms with E-state index < -0.39 is 0 Å². The van der Waals surface area contributed by atoms with Gasteiger partial charge in [-0.2, -0.15) is 0 Å². The fourth-order valence-corrected chi connectivity index (χ4v) is 2.75. The van der Waals surface area contributed by atoms with Crippen LogP contribution in [-0.4, -0.2) is 58.5 Å². The lowest BCUT2D eigenvalue weighted by atomic mass is 10.0. The van der Waals surface area contributed by atoms with Gasteiger partial charge in [-0.05, 0) is 52.2 Å². The summed E-state index contributed by atoms with van der Waals surface area (Å²) in [5, 5.41) is 3.64. The van der Waals surface area contributed by atoms with Gasteiger partial charge in [0, 0.05) is 23.8 Å². The number of nitrogens with zero attached hydrogens (tertiary/aromatic N) is 3. The number of nitrogens with one attached hydrogen (secondary N) is 2. The van der Waals surface area contributed by atoms with Crippen LogP contribution < -0.4 is 10.1 Å². The first kappa shape index (κ1) is 21.4. The fourth-order valence-electron chi connectivity index (χ4n) is 2.42. The Kier molecular flexibility index (Phi) is 6.31. The van der Waals surface area contributed by atoms with Crippen LogP contribution in [0, 0.1) is 0 Å². The molecule has 0 fully saturated rings. The summed E-state index contributed by atoms with van der Waals surface area (Å²) in [7, 11) is 3.95. The van der Waals surface area contributed by atoms with Crippen molar-refractivity contribution in [1.82, 2.24) is 25.2 Å². The number of pyridine rings is 1. The molecule has 2 aromatic heterocycles. The third kappa shape index (κ3) is 4.98. The Bertz CT molecular complexity index is 1020. The van der Waals surface area contributed by atoms with Crippen molar-refractivity contribution in [3.63, 3.8) is 0 Å². The molecule has 0 bridgehead atoms. The Labute approximate surface area is 179 Å². The van der Waals surface area contributed by atoms with E-state index in [9.17, 15) is 4.79 Å². The second-order valence-corrected chi connectivity index (χ2v) is 8.29. The molecule has 1 amide bonds. The zero-order valence-corrected chi connectivity index (χ0v) is 18.2. The minimum Gasteiger partial charge on any atom is -0.484 e. The van der Waals surface area contributed by atoms with Crippen molar-refractivity contribution in [3.05, 3.63) is 40.5 Å². The number of aromatic amines is 1. The smallest absolute Gasteiger partial charge is 0.258 e. The number of carbonyl (C=O) groups is 1. The Morgan fingerprint density at radius 1 is 1.24 bits per heavy atom. The van der Waals surface area contributed by atoms with Crippen LogP contribution in [0.4, 0.5) is 0 Å². The van der Waals surface area contributed by atoms with Crippen LogP contribution in [0.3, 0.4) is 0 Å². The van der Waals surface area contributed by atoms with E-state index in [1.807, 2.05) is 26.2 Å². The van der Waals surface area contributed by atoms with E-state index in [-0.39, 0.29) is 18.1 Å². The number of likely N-dealkylation sites (N-methyl/N-ethyl adjacent to an activating group) is 1. The molecule has 2 heterocycles. The highest BCUT2D eigenvalue weighted by atomic mass is 35.5. The molecule has 3 aromatic rings. The molecule has 0 aliphatic rings. The number of amides is 1. The number of hydrogen-bond donors (Lipinski definition) is 2. The average molecular weight is 436 g/mol. The Hall–Kier alpha value is -2.35. The van der Waals surface area contributed by atoms with Crippen LogP contribution in [0.15, 0.2) is 30.5 Å². The van der Waals surface area contributed by atoms with E-state index in [4.69, 9.17) is 27.9 Å². The van der Waals surface area contributed by atoms with Crippen molar-refractivity contribution in [3.8, 4) is 17.1 Å². The molecule has 0 aliphatic carbocycles. The van der Waals surface area contributed by atoms with Crippen LogP contribution >= 0.6 is 23.2 Å². The van der Waals surface area contributed by atoms with Crippen LogP contribution in [0.2, 0.25) is 10.0 Å². The minimum absolute atomic E-state index is 0.0501. The third-order valence-corrected chi connectivity index (χ3v) is 5.62. The van der Waals surface area contributed by atoms with Crippen LogP contribution in [0.1, 0.15) is 13.8 Å². The monoisotopic (exact) mass is 435 g/mol. The topological polar surface area (TPSA) is 83.1 Å². The number of aromatic nitrogens is 3. The van der Waals surface area contributed by atoms with Gasteiger partial charge in [-0.25, -0.2) is 9.97 Å². The first-order valence-electron chi connectivity index (χ1n) is 9.04. The molecule has 0 saturated heterocycles. The molecular formula is C20H23Cl2N5O2. The predicted molar refractivity (Wildman–Crippen MR) is 116 cm³/mol. The van der Waals surface area contributed by atoms with Crippen LogP contribution in [-0.2, 0) is 4.79 Å². The molecule has 0 atom stereocenters. The van der Waals surface area contributed by atoms with Crippen molar-refractivity contribution >= 4 is 40.3 Å². The van der Waals surface area contributed by atoms with Gasteiger partial charge >= 0.3 is 0 Å². The maximum absolute atomic E-state index is 12.0. The molecule has 0 spiro atoms. The standard InChI is InChI=1S/C20H23Cl2N5O2/c1-20(2,27(3)4)11-24-15(28)10-29-13-7-5-12(6-8-13)18-25-17-16(22)14(21)9-23-19(17)26-18/h5-9H,10-11H2,1-4H3,(H,24,28)(H,23,25,26). The molecule has 154 valence electrons. The number of carbonyl (C=O) groups excluding carboxylic acids is 1. The highest BCUT2D eigenvalue weighted by molar-refractivity contribution is 6.44. The Morgan fingerprint density at radius 2 is 1.93 bits per heavy atom. The van der Waals surface area contributed by atoms with Gasteiger partial charge in [-0.3, -0.25) is 4.79 Å². The van der Waals surface area contributed by atoms with Crippen molar-refractivity contribution in [2.75, 3.05) is 27.2 Å². The first-order valence-corrected chi connectivity index (χ1v) is 9.80. The Balaban J connectivity index is 1.61. The summed E-state index contributed by atoms with van der Waals surface area (Å²) >= 11 is 12.2. The molecule has 2 N–H and O–H groups in total. The lowest BCUT2D eigenvalue weighted by molar-refractivity contribution is -0.123. The molecule has 9 heteroatoms. The zero-order chi connectivity index (χ0) is 21.2. The summed E-state index contributed by atoms with van der Waals surface area (Å²) in [5.74, 6) is 1.04. The number of ether oxygens (including phenoxy) is 1. The summed E-state index contributed by atoms with van der Waals surface area (Å²) in [6.45, 7) is 4.60. The maximum Gasteiger partial charge on any atom is 0.258 e. The number of imidazole rings is 1. The molecule has 3 rings (SSSR count). The SMILES string of the molecule is CN(C)C(C)(C)CNC(=O)COc1ccc(-c2nc3ncc(Cl)c(Cl)c3[nH]2)cc1. The van der Waals surface area contributed by atoms with Crippen molar-refractivity contribution in [1.29, 1.82) is 0 Å². The molecule has 0 saturated carbocycles. The van der Waals surface area contributed by atoms with Crippen molar-refractivity contribution < 1.29 is 9.53 Å². The van der Waals surface area contributed by atoms with Gasteiger partial charge in [0.15, 0.2) is 12.3 Å². The van der Waals surface area contributed by atoms with Gasteiger partial charge in [0.25, 0.3) is 5.91 Å². The van der Waals surface area contributed by atoms with E-state index in [1.165, 1.54) is 6.20 Å². The van der Waals surface area contributed by atoms with Gasteiger partial charge in [-0.15, -0.1) is 0 Å². The summed E-state index contributed by atoms with van der Waals surface area (Å²) in [4.78, 5) is 25.8. The molecule has 1 aromatic carbocycles. The minimum atomic E-state index is -0.168. The third-order valence-electron chi connectivity index (χ3n) is 4.84. The van der Waals surface area contributed by atoms with Crippen LogP contribution in [0.25, 0.3) is 22.6 Å². The summed E-state index contributed by atoms with van der Waals surface area (Å²) < 4.78 is 5.57. The molecule has 7 nitrogen and oxygen atoms in total. The summed E-state index contributed by atoms with van der Waals surface area (Å²) in [6.07, 6.45) is 1.47. The van der Waals surface area contributed by atoms with E-state index >= 15 is 0 Å². The highest BCUT2D eigenvalue weighted by Gasteiger charge is 2.21. The zero-order valence-electron chi connectivity index (χ0n) is 16.7. The maximum atomic E-state index is 12.0. The lowest BCUT2D eigenvalue weighted by Gasteiger charge is -2.32. The van der Waals surface area contributed by atoms with E-state index in [1.54, 1.807) is 12.1 Å². The normalized spacial score (nSPS) is 11.8. The van der Waals surface area contributed by atoms with Crippen molar-refractivity contribution in [2.45, 2.75) is 19.4 Å². The molecule has 0 radical (unpaired) electrons. The van der Waals surface area contributed by atoms with Gasteiger partial charge in [0.05, 0.1) is 10.0 Å². The second kappa shape index (κ2) is 8.57. The molecule has 29 heavy (non-hydrogen) atoms. The number of hydrogen-bond acceptors (Lipinski definition) is 5. The van der Waals surface area contributed by atoms with Crippen LogP contribution in [0.5, 0.6) is 5.75 Å². The number of rotatable bonds is 7. The fraction of sp³-hybridized carbons (Fsp3) is 0.350.